The van der Waals surface area contributed by atoms with Crippen LogP contribution in [0.5, 0.6) is 11.5 Å². The van der Waals surface area contributed by atoms with Crippen molar-refractivity contribution in [2.24, 2.45) is 0 Å². The Morgan fingerprint density at radius 1 is 1.10 bits per heavy atom. The van der Waals surface area contributed by atoms with E-state index in [4.69, 9.17) is 4.42 Å². The number of rotatable bonds is 7. The van der Waals surface area contributed by atoms with Crippen LogP contribution in [0.15, 0.2) is 45.7 Å². The fraction of sp³-hybridized carbons (Fsp3) is 0.318. The molecule has 3 aromatic rings. The number of phenolic OH excluding ortho intramolecular Hbond substituents is 2. The zero-order valence-corrected chi connectivity index (χ0v) is 18.9. The summed E-state index contributed by atoms with van der Waals surface area (Å²) in [6.45, 7) is 9.35. The highest BCUT2D eigenvalue weighted by Crippen LogP contribution is 2.37. The average Bonchev–Trinajstić information content (AvgIpc) is 3.13. The van der Waals surface area contributed by atoms with E-state index in [-0.39, 0.29) is 23.3 Å². The van der Waals surface area contributed by atoms with E-state index < -0.39 is 11.4 Å². The minimum Gasteiger partial charge on any atom is -0.508 e. The van der Waals surface area contributed by atoms with Crippen molar-refractivity contribution in [1.29, 1.82) is 0 Å². The summed E-state index contributed by atoms with van der Waals surface area (Å²) in [6, 6.07) is 10.7. The van der Waals surface area contributed by atoms with E-state index in [1.807, 2.05) is 52.0 Å². The maximum Gasteiger partial charge on any atom is 0.309 e. The Hall–Kier alpha value is -3.20. The molecule has 31 heavy (non-hydrogen) atoms. The first-order valence-corrected chi connectivity index (χ1v) is 10.6. The second-order valence-corrected chi connectivity index (χ2v) is 8.87. The molecule has 4 N–H and O–H groups in total. The number of nitrogens with one attached hydrogen (secondary N) is 2. The van der Waals surface area contributed by atoms with Gasteiger partial charge in [-0.05, 0) is 61.0 Å². The lowest BCUT2D eigenvalue weighted by molar-refractivity contribution is 0.0875. The van der Waals surface area contributed by atoms with Crippen molar-refractivity contribution < 1.29 is 19.4 Å². The smallest absolute Gasteiger partial charge is 0.309 e. The molecule has 0 aliphatic heterocycles. The molecule has 1 aromatic heterocycles. The Morgan fingerprint density at radius 2 is 1.77 bits per heavy atom. The summed E-state index contributed by atoms with van der Waals surface area (Å²) in [5.74, 6) is 0.0444. The molecule has 0 saturated carbocycles. The van der Waals surface area contributed by atoms with Crippen LogP contribution in [0.1, 0.15) is 61.3 Å². The molecule has 3 rings (SSSR count). The normalized spacial score (nSPS) is 11.5. The zero-order valence-electron chi connectivity index (χ0n) is 18.1. The summed E-state index contributed by atoms with van der Waals surface area (Å²) in [6.07, 6.45) is 0. The minimum absolute atomic E-state index is 0.0103. The van der Waals surface area contributed by atoms with Crippen molar-refractivity contribution in [1.82, 2.24) is 15.5 Å². The van der Waals surface area contributed by atoms with Crippen LogP contribution in [0, 0.1) is 6.92 Å². The van der Waals surface area contributed by atoms with Gasteiger partial charge in [-0.25, -0.2) is 0 Å². The largest absolute Gasteiger partial charge is 0.508 e. The van der Waals surface area contributed by atoms with E-state index in [2.05, 4.69) is 20.2 Å². The predicted molar refractivity (Wildman–Crippen MR) is 119 cm³/mol. The molecule has 0 aliphatic rings. The standard InChI is InChI=1S/C22H26N4O4S/c1-12(2)16-10-19(18(28)11-17(16)27)31-26-15-8-6-14(7-9-15)22(4,5)23-20(29)21-25-24-13(3)30-21/h6-12,26-28H,1-5H3,(H,23,29). The van der Waals surface area contributed by atoms with Gasteiger partial charge in [0.2, 0.25) is 5.89 Å². The van der Waals surface area contributed by atoms with Gasteiger partial charge < -0.3 is 24.7 Å². The van der Waals surface area contributed by atoms with Crippen LogP contribution >= 0.6 is 11.9 Å². The number of aromatic nitrogens is 2. The molecule has 1 heterocycles. The van der Waals surface area contributed by atoms with Gasteiger partial charge in [0.15, 0.2) is 0 Å². The number of phenols is 2. The summed E-state index contributed by atoms with van der Waals surface area (Å²) in [7, 11) is 0. The van der Waals surface area contributed by atoms with Crippen LogP contribution in [0.25, 0.3) is 0 Å². The Balaban J connectivity index is 1.67. The van der Waals surface area contributed by atoms with Gasteiger partial charge in [-0.1, -0.05) is 26.0 Å². The van der Waals surface area contributed by atoms with E-state index in [1.165, 1.54) is 18.0 Å². The number of nitrogens with zero attached hydrogens (tertiary/aromatic N) is 2. The Morgan fingerprint density at radius 3 is 2.35 bits per heavy atom. The van der Waals surface area contributed by atoms with Gasteiger partial charge in [-0.15, -0.1) is 10.2 Å². The van der Waals surface area contributed by atoms with Crippen LogP contribution < -0.4 is 10.0 Å². The van der Waals surface area contributed by atoms with Crippen LogP contribution in [0.2, 0.25) is 0 Å². The third-order valence-electron chi connectivity index (χ3n) is 4.76. The van der Waals surface area contributed by atoms with E-state index in [0.29, 0.717) is 10.8 Å². The summed E-state index contributed by atoms with van der Waals surface area (Å²) >= 11 is 1.26. The number of amides is 1. The number of benzene rings is 2. The number of hydrogen-bond donors (Lipinski definition) is 4. The summed E-state index contributed by atoms with van der Waals surface area (Å²) < 4.78 is 8.37. The van der Waals surface area contributed by atoms with Gasteiger partial charge in [0.1, 0.15) is 11.5 Å². The highest BCUT2D eigenvalue weighted by molar-refractivity contribution is 8.00. The van der Waals surface area contributed by atoms with Gasteiger partial charge in [0, 0.05) is 18.7 Å². The second kappa shape index (κ2) is 8.89. The number of hydrogen-bond acceptors (Lipinski definition) is 8. The molecule has 0 spiro atoms. The van der Waals surface area contributed by atoms with Crippen molar-refractivity contribution in [2.45, 2.75) is 51.0 Å². The minimum atomic E-state index is -0.660. The molecule has 0 saturated heterocycles. The summed E-state index contributed by atoms with van der Waals surface area (Å²) in [5, 5.41) is 30.4. The molecule has 0 bridgehead atoms. The maximum atomic E-state index is 12.3. The SMILES string of the molecule is Cc1nnc(C(=O)NC(C)(C)c2ccc(NSc3cc(C(C)C)c(O)cc3O)cc2)o1. The molecule has 0 fully saturated rings. The Kier molecular flexibility index (Phi) is 6.45. The Bertz CT molecular complexity index is 1080. The fourth-order valence-electron chi connectivity index (χ4n) is 2.98. The number of carbonyl (C=O) groups excluding carboxylic acids is 1. The van der Waals surface area contributed by atoms with Crippen molar-refractivity contribution >= 4 is 23.5 Å². The van der Waals surface area contributed by atoms with Gasteiger partial charge in [-0.2, -0.15) is 0 Å². The quantitative estimate of drug-likeness (QED) is 0.389. The number of anilines is 1. The number of aryl methyl sites for hydroxylation is 1. The molecule has 0 atom stereocenters. The first-order valence-electron chi connectivity index (χ1n) is 9.78. The summed E-state index contributed by atoms with van der Waals surface area (Å²) in [5.41, 5.74) is 1.82. The third kappa shape index (κ3) is 5.29. The van der Waals surface area contributed by atoms with Gasteiger partial charge >= 0.3 is 11.8 Å². The lowest BCUT2D eigenvalue weighted by Crippen LogP contribution is -2.41. The molecule has 1 amide bonds. The molecule has 164 valence electrons. The Labute approximate surface area is 185 Å². The first kappa shape index (κ1) is 22.5. The molecular formula is C22H26N4O4S. The van der Waals surface area contributed by atoms with Crippen LogP contribution in [0.4, 0.5) is 5.69 Å². The van der Waals surface area contributed by atoms with Crippen molar-refractivity contribution in [3.8, 4) is 11.5 Å². The maximum absolute atomic E-state index is 12.3. The first-order chi connectivity index (χ1) is 14.6. The van der Waals surface area contributed by atoms with Crippen LogP contribution in [-0.4, -0.2) is 26.3 Å². The molecule has 9 heteroatoms. The average molecular weight is 443 g/mol. The van der Waals surface area contributed by atoms with Gasteiger partial charge in [-0.3, -0.25) is 4.79 Å². The molecule has 2 aromatic carbocycles. The van der Waals surface area contributed by atoms with Gasteiger partial charge in [0.05, 0.1) is 10.4 Å². The molecule has 0 unspecified atom stereocenters. The van der Waals surface area contributed by atoms with Crippen molar-refractivity contribution in [2.75, 3.05) is 4.72 Å². The fourth-order valence-corrected chi connectivity index (χ4v) is 3.70. The number of carbonyl (C=O) groups is 1. The number of aromatic hydroxyl groups is 2. The van der Waals surface area contributed by atoms with E-state index in [0.717, 1.165) is 16.8 Å². The lowest BCUT2D eigenvalue weighted by Gasteiger charge is -2.26. The second-order valence-electron chi connectivity index (χ2n) is 8.02. The monoisotopic (exact) mass is 442 g/mol. The van der Waals surface area contributed by atoms with E-state index in [9.17, 15) is 15.0 Å². The predicted octanol–water partition coefficient (Wildman–Crippen LogP) is 4.70. The van der Waals surface area contributed by atoms with Gasteiger partial charge in [0.25, 0.3) is 0 Å². The summed E-state index contributed by atoms with van der Waals surface area (Å²) in [4.78, 5) is 13.0. The highest BCUT2D eigenvalue weighted by atomic mass is 32.2. The van der Waals surface area contributed by atoms with Crippen molar-refractivity contribution in [3.63, 3.8) is 0 Å². The van der Waals surface area contributed by atoms with Crippen LogP contribution in [0.3, 0.4) is 0 Å². The zero-order chi connectivity index (χ0) is 22.8. The highest BCUT2D eigenvalue weighted by Gasteiger charge is 2.26. The van der Waals surface area contributed by atoms with Crippen molar-refractivity contribution in [3.05, 3.63) is 59.3 Å². The third-order valence-corrected chi connectivity index (χ3v) is 5.65. The lowest BCUT2D eigenvalue weighted by atomic mass is 9.94. The topological polar surface area (TPSA) is 121 Å². The molecular weight excluding hydrogens is 416 g/mol. The molecule has 0 radical (unpaired) electrons. The molecule has 0 aliphatic carbocycles. The van der Waals surface area contributed by atoms with Crippen LogP contribution in [-0.2, 0) is 5.54 Å². The van der Waals surface area contributed by atoms with E-state index >= 15 is 0 Å². The molecule has 8 nitrogen and oxygen atoms in total. The van der Waals surface area contributed by atoms with E-state index in [1.54, 1.807) is 13.0 Å².